The molecule has 0 bridgehead atoms. The zero-order valence-corrected chi connectivity index (χ0v) is 4.82. The van der Waals surface area contributed by atoms with Gasteiger partial charge in [-0.2, -0.15) is 0 Å². The standard InChI is InChI=1S/C4H8N2S/c5-1-4-2-6-3-7-4/h3-4H,1-2,5H2. The maximum Gasteiger partial charge on any atom is 0.0545 e. The van der Waals surface area contributed by atoms with E-state index < -0.39 is 0 Å². The monoisotopic (exact) mass is 116 g/mol. The number of thioether (sulfide) groups is 1. The minimum Gasteiger partial charge on any atom is -0.329 e. The van der Waals surface area contributed by atoms with Crippen LogP contribution in [0.2, 0.25) is 0 Å². The van der Waals surface area contributed by atoms with Crippen LogP contribution in [0.5, 0.6) is 0 Å². The molecule has 0 saturated carbocycles. The average molecular weight is 116 g/mol. The summed E-state index contributed by atoms with van der Waals surface area (Å²) in [5.74, 6) is 0. The summed E-state index contributed by atoms with van der Waals surface area (Å²) in [7, 11) is 0. The molecule has 0 saturated heterocycles. The van der Waals surface area contributed by atoms with Crippen molar-refractivity contribution in [2.75, 3.05) is 13.1 Å². The molecule has 7 heavy (non-hydrogen) atoms. The van der Waals surface area contributed by atoms with Crippen LogP contribution in [0.1, 0.15) is 0 Å². The van der Waals surface area contributed by atoms with Crippen LogP contribution in [-0.4, -0.2) is 23.9 Å². The van der Waals surface area contributed by atoms with Crippen molar-refractivity contribution in [2.24, 2.45) is 10.7 Å². The van der Waals surface area contributed by atoms with Crippen LogP contribution < -0.4 is 5.73 Å². The molecule has 1 aliphatic rings. The van der Waals surface area contributed by atoms with Gasteiger partial charge in [0.15, 0.2) is 0 Å². The lowest BCUT2D eigenvalue weighted by Crippen LogP contribution is -2.16. The van der Waals surface area contributed by atoms with Gasteiger partial charge in [0.1, 0.15) is 0 Å². The second kappa shape index (κ2) is 2.33. The second-order valence-corrected chi connectivity index (χ2v) is 2.61. The van der Waals surface area contributed by atoms with Crippen molar-refractivity contribution < 1.29 is 0 Å². The number of hydrogen-bond acceptors (Lipinski definition) is 3. The Kier molecular flexibility index (Phi) is 1.70. The summed E-state index contributed by atoms with van der Waals surface area (Å²) in [6.07, 6.45) is 0. The minimum absolute atomic E-state index is 0.569. The maximum absolute atomic E-state index is 5.33. The van der Waals surface area contributed by atoms with E-state index in [1.54, 1.807) is 11.8 Å². The highest BCUT2D eigenvalue weighted by molar-refractivity contribution is 8.12. The molecule has 0 aromatic heterocycles. The van der Waals surface area contributed by atoms with Gasteiger partial charge >= 0.3 is 0 Å². The summed E-state index contributed by atoms with van der Waals surface area (Å²) in [6.45, 7) is 1.67. The van der Waals surface area contributed by atoms with Gasteiger partial charge in [-0.25, -0.2) is 0 Å². The van der Waals surface area contributed by atoms with Crippen LogP contribution in [0.3, 0.4) is 0 Å². The highest BCUT2D eigenvalue weighted by Crippen LogP contribution is 2.11. The Morgan fingerprint density at radius 2 is 2.86 bits per heavy atom. The smallest absolute Gasteiger partial charge is 0.0545 e. The fraction of sp³-hybridized carbons (Fsp3) is 0.750. The summed E-state index contributed by atoms with van der Waals surface area (Å²) in [5, 5.41) is 0.569. The number of nitrogens with zero attached hydrogens (tertiary/aromatic N) is 1. The first-order valence-electron chi connectivity index (χ1n) is 2.27. The summed E-state index contributed by atoms with van der Waals surface area (Å²) in [6, 6.07) is 0. The first-order chi connectivity index (χ1) is 3.43. The lowest BCUT2D eigenvalue weighted by atomic mass is 10.4. The molecule has 2 N–H and O–H groups in total. The van der Waals surface area contributed by atoms with Gasteiger partial charge in [-0.15, -0.1) is 11.8 Å². The Balaban J connectivity index is 2.22. The fourth-order valence-electron chi connectivity index (χ4n) is 0.463. The summed E-state index contributed by atoms with van der Waals surface area (Å²) in [5.41, 5.74) is 7.21. The molecule has 1 atom stereocenters. The topological polar surface area (TPSA) is 38.4 Å². The number of rotatable bonds is 1. The van der Waals surface area contributed by atoms with E-state index in [1.165, 1.54) is 0 Å². The molecule has 0 aromatic rings. The van der Waals surface area contributed by atoms with Crippen LogP contribution >= 0.6 is 11.8 Å². The molecule has 2 nitrogen and oxygen atoms in total. The summed E-state index contributed by atoms with van der Waals surface area (Å²) < 4.78 is 0. The van der Waals surface area contributed by atoms with Crippen LogP contribution in [0.4, 0.5) is 0 Å². The molecule has 0 radical (unpaired) electrons. The summed E-state index contributed by atoms with van der Waals surface area (Å²) in [4.78, 5) is 3.99. The molecular weight excluding hydrogens is 108 g/mol. The molecular formula is C4H8N2S. The van der Waals surface area contributed by atoms with E-state index in [0.717, 1.165) is 13.1 Å². The van der Waals surface area contributed by atoms with Crippen LogP contribution in [0.15, 0.2) is 4.99 Å². The van der Waals surface area contributed by atoms with E-state index in [2.05, 4.69) is 4.99 Å². The van der Waals surface area contributed by atoms with Gasteiger partial charge in [0, 0.05) is 11.8 Å². The predicted octanol–water partition coefficient (Wildman–Crippen LogP) is 0.0888. The Morgan fingerprint density at radius 3 is 3.14 bits per heavy atom. The third-order valence-corrected chi connectivity index (χ3v) is 1.90. The van der Waals surface area contributed by atoms with Crippen molar-refractivity contribution in [3.63, 3.8) is 0 Å². The number of nitrogens with two attached hydrogens (primary N) is 1. The normalized spacial score (nSPS) is 29.0. The molecule has 0 aliphatic carbocycles. The van der Waals surface area contributed by atoms with Crippen molar-refractivity contribution in [3.05, 3.63) is 0 Å². The van der Waals surface area contributed by atoms with E-state index in [0.29, 0.717) is 5.25 Å². The van der Waals surface area contributed by atoms with Gasteiger partial charge < -0.3 is 5.73 Å². The lowest BCUT2D eigenvalue weighted by molar-refractivity contribution is 0.882. The maximum atomic E-state index is 5.33. The second-order valence-electron chi connectivity index (χ2n) is 1.46. The van der Waals surface area contributed by atoms with E-state index in [4.69, 9.17) is 5.73 Å². The molecule has 0 spiro atoms. The van der Waals surface area contributed by atoms with Gasteiger partial charge in [-0.1, -0.05) is 0 Å². The summed E-state index contributed by atoms with van der Waals surface area (Å²) >= 11 is 1.73. The van der Waals surface area contributed by atoms with Crippen molar-refractivity contribution in [2.45, 2.75) is 5.25 Å². The van der Waals surface area contributed by atoms with Gasteiger partial charge in [-0.3, -0.25) is 4.99 Å². The Hall–Kier alpha value is -0.0200. The van der Waals surface area contributed by atoms with Gasteiger partial charge in [0.2, 0.25) is 0 Å². The average Bonchev–Trinajstić information content (AvgIpc) is 2.14. The number of hydrogen-bond donors (Lipinski definition) is 1. The lowest BCUT2D eigenvalue weighted by Gasteiger charge is -1.97. The van der Waals surface area contributed by atoms with Crippen molar-refractivity contribution in [1.82, 2.24) is 0 Å². The largest absolute Gasteiger partial charge is 0.329 e. The molecule has 40 valence electrons. The van der Waals surface area contributed by atoms with E-state index in [-0.39, 0.29) is 0 Å². The van der Waals surface area contributed by atoms with E-state index >= 15 is 0 Å². The van der Waals surface area contributed by atoms with Crippen molar-refractivity contribution in [3.8, 4) is 0 Å². The van der Waals surface area contributed by atoms with Crippen LogP contribution in [0.25, 0.3) is 0 Å². The quantitative estimate of drug-likeness (QED) is 0.527. The zero-order valence-electron chi connectivity index (χ0n) is 4.00. The Bertz CT molecular complexity index is 73.8. The van der Waals surface area contributed by atoms with Gasteiger partial charge in [0.25, 0.3) is 0 Å². The SMILES string of the molecule is NCC1CN=CS1. The Morgan fingerprint density at radius 1 is 2.00 bits per heavy atom. The van der Waals surface area contributed by atoms with Gasteiger partial charge in [0.05, 0.1) is 12.1 Å². The zero-order chi connectivity index (χ0) is 5.11. The molecule has 0 fully saturated rings. The molecule has 1 rings (SSSR count). The minimum atomic E-state index is 0.569. The van der Waals surface area contributed by atoms with Crippen LogP contribution in [-0.2, 0) is 0 Å². The number of aliphatic imine (C=N–C) groups is 1. The first kappa shape index (κ1) is 5.12. The molecule has 0 amide bonds. The highest BCUT2D eigenvalue weighted by atomic mass is 32.2. The third kappa shape index (κ3) is 1.17. The first-order valence-corrected chi connectivity index (χ1v) is 3.21. The van der Waals surface area contributed by atoms with E-state index in [1.807, 2.05) is 5.55 Å². The molecule has 0 aromatic carbocycles. The Labute approximate surface area is 47.2 Å². The van der Waals surface area contributed by atoms with Crippen molar-refractivity contribution in [1.29, 1.82) is 0 Å². The van der Waals surface area contributed by atoms with E-state index in [9.17, 15) is 0 Å². The molecule has 3 heteroatoms. The third-order valence-electron chi connectivity index (χ3n) is 0.900. The van der Waals surface area contributed by atoms with Crippen molar-refractivity contribution >= 4 is 17.3 Å². The fourth-order valence-corrected chi connectivity index (χ4v) is 1.09. The highest BCUT2D eigenvalue weighted by Gasteiger charge is 2.07. The van der Waals surface area contributed by atoms with Gasteiger partial charge in [-0.05, 0) is 0 Å². The molecule has 1 heterocycles. The van der Waals surface area contributed by atoms with Crippen LogP contribution in [0, 0.1) is 0 Å². The predicted molar refractivity (Wildman–Crippen MR) is 33.8 cm³/mol. The molecule has 1 aliphatic heterocycles. The molecule has 1 unspecified atom stereocenters.